The summed E-state index contributed by atoms with van der Waals surface area (Å²) in [6.45, 7) is 6.57. The lowest BCUT2D eigenvalue weighted by Crippen LogP contribution is -2.62. The molecule has 0 spiro atoms. The zero-order chi connectivity index (χ0) is 18.0. The lowest BCUT2D eigenvalue weighted by atomic mass is 9.47. The van der Waals surface area contributed by atoms with E-state index in [2.05, 4.69) is 24.1 Å². The summed E-state index contributed by atoms with van der Waals surface area (Å²) in [5.41, 5.74) is 0.561. The van der Waals surface area contributed by atoms with Crippen molar-refractivity contribution in [2.45, 2.75) is 84.2 Å². The van der Waals surface area contributed by atoms with E-state index in [4.69, 9.17) is 0 Å². The fraction of sp³-hybridized carbons (Fsp3) is 0.905. The number of fused-ring (bicyclic) bond motifs is 5. The quantitative estimate of drug-likeness (QED) is 0.791. The summed E-state index contributed by atoms with van der Waals surface area (Å²) in [4.78, 5) is 25.9. The van der Waals surface area contributed by atoms with Crippen molar-refractivity contribution in [3.05, 3.63) is 0 Å². The molecular weight excluding hydrogens is 312 g/mol. The highest BCUT2D eigenvalue weighted by Gasteiger charge is 2.61. The highest BCUT2D eigenvalue weighted by Crippen LogP contribution is 2.64. The minimum absolute atomic E-state index is 0.122. The Bertz CT molecular complexity index is 590. The first-order chi connectivity index (χ1) is 11.8. The predicted molar refractivity (Wildman–Crippen MR) is 97.8 cm³/mol. The normalized spacial score (nSPS) is 49.2. The third-order valence-electron chi connectivity index (χ3n) is 8.93. The van der Waals surface area contributed by atoms with Gasteiger partial charge in [-0.1, -0.05) is 13.8 Å². The third kappa shape index (κ3) is 2.39. The minimum atomic E-state index is 0.122. The van der Waals surface area contributed by atoms with E-state index < -0.39 is 0 Å². The van der Waals surface area contributed by atoms with E-state index in [1.807, 2.05) is 7.05 Å². The van der Waals surface area contributed by atoms with Gasteiger partial charge in [0.15, 0.2) is 0 Å². The average molecular weight is 347 g/mol. The highest BCUT2D eigenvalue weighted by atomic mass is 16.2. The van der Waals surface area contributed by atoms with Crippen molar-refractivity contribution in [1.82, 2.24) is 10.2 Å². The molecule has 140 valence electrons. The zero-order valence-electron chi connectivity index (χ0n) is 16.3. The fourth-order valence-corrected chi connectivity index (χ4v) is 7.63. The van der Waals surface area contributed by atoms with Crippen LogP contribution in [0.1, 0.15) is 72.1 Å². The number of likely N-dealkylation sites (tertiary alicyclic amines) is 1. The molecule has 1 N–H and O–H groups in total. The Kier molecular flexibility index (Phi) is 3.97. The van der Waals surface area contributed by atoms with Gasteiger partial charge >= 0.3 is 0 Å². The average Bonchev–Trinajstić information content (AvgIpc) is 2.88. The number of hydrogen-bond acceptors (Lipinski definition) is 2. The van der Waals surface area contributed by atoms with Crippen LogP contribution >= 0.6 is 0 Å². The van der Waals surface area contributed by atoms with Crippen LogP contribution in [0, 0.1) is 28.6 Å². The van der Waals surface area contributed by atoms with Gasteiger partial charge in [0.2, 0.25) is 11.8 Å². The molecule has 1 heterocycles. The van der Waals surface area contributed by atoms with Crippen LogP contribution in [0.25, 0.3) is 0 Å². The number of carbonyl (C=O) groups is 2. The molecule has 1 saturated heterocycles. The molecule has 4 rings (SSSR count). The molecule has 0 aromatic heterocycles. The fourth-order valence-electron chi connectivity index (χ4n) is 7.63. The maximum atomic E-state index is 12.2. The Morgan fingerprint density at radius 2 is 1.76 bits per heavy atom. The number of carbonyl (C=O) groups excluding carboxylic acids is 2. The van der Waals surface area contributed by atoms with Crippen molar-refractivity contribution in [2.24, 2.45) is 28.6 Å². The van der Waals surface area contributed by atoms with E-state index in [0.29, 0.717) is 23.4 Å². The van der Waals surface area contributed by atoms with Gasteiger partial charge in [-0.3, -0.25) is 9.59 Å². The largest absolute Gasteiger partial charge is 0.353 e. The van der Waals surface area contributed by atoms with Crippen LogP contribution in [0.2, 0.25) is 0 Å². The van der Waals surface area contributed by atoms with Crippen LogP contribution in [0.15, 0.2) is 0 Å². The highest BCUT2D eigenvalue weighted by molar-refractivity contribution is 5.77. The smallest absolute Gasteiger partial charge is 0.222 e. The van der Waals surface area contributed by atoms with E-state index in [9.17, 15) is 9.59 Å². The maximum absolute atomic E-state index is 12.2. The van der Waals surface area contributed by atoms with Crippen molar-refractivity contribution >= 4 is 11.8 Å². The summed E-state index contributed by atoms with van der Waals surface area (Å²) < 4.78 is 0. The molecule has 1 aliphatic heterocycles. The summed E-state index contributed by atoms with van der Waals surface area (Å²) in [7, 11) is 2.03. The van der Waals surface area contributed by atoms with Crippen LogP contribution in [0.5, 0.6) is 0 Å². The molecule has 0 aromatic rings. The summed E-state index contributed by atoms with van der Waals surface area (Å²) in [5.74, 6) is 2.73. The van der Waals surface area contributed by atoms with E-state index in [0.717, 1.165) is 43.4 Å². The summed E-state index contributed by atoms with van der Waals surface area (Å²) in [6, 6.07) is 0.795. The van der Waals surface area contributed by atoms with Crippen molar-refractivity contribution < 1.29 is 9.59 Å². The molecule has 3 aliphatic carbocycles. The Hall–Kier alpha value is -1.06. The number of hydrogen-bond donors (Lipinski definition) is 1. The second kappa shape index (κ2) is 5.72. The van der Waals surface area contributed by atoms with E-state index in [1.165, 1.54) is 25.7 Å². The molecular formula is C21H34N2O2. The lowest BCUT2D eigenvalue weighted by Gasteiger charge is -2.61. The molecule has 7 atom stereocenters. The third-order valence-corrected chi connectivity index (χ3v) is 8.93. The van der Waals surface area contributed by atoms with E-state index in [1.54, 1.807) is 6.92 Å². The van der Waals surface area contributed by atoms with Gasteiger partial charge < -0.3 is 10.2 Å². The molecule has 4 fully saturated rings. The summed E-state index contributed by atoms with van der Waals surface area (Å²) in [6.07, 6.45) is 9.11. The molecule has 0 radical (unpaired) electrons. The van der Waals surface area contributed by atoms with Crippen molar-refractivity contribution in [1.29, 1.82) is 0 Å². The summed E-state index contributed by atoms with van der Waals surface area (Å²) in [5, 5.41) is 3.26. The first-order valence-corrected chi connectivity index (χ1v) is 10.3. The second-order valence-corrected chi connectivity index (χ2v) is 9.86. The van der Waals surface area contributed by atoms with E-state index in [-0.39, 0.29) is 11.3 Å². The van der Waals surface area contributed by atoms with Gasteiger partial charge in [-0.15, -0.1) is 0 Å². The topological polar surface area (TPSA) is 49.4 Å². The molecule has 3 saturated carbocycles. The molecule has 25 heavy (non-hydrogen) atoms. The van der Waals surface area contributed by atoms with Gasteiger partial charge in [0.05, 0.1) is 0 Å². The van der Waals surface area contributed by atoms with Crippen molar-refractivity contribution in [3.63, 3.8) is 0 Å². The monoisotopic (exact) mass is 346 g/mol. The van der Waals surface area contributed by atoms with Crippen molar-refractivity contribution in [3.8, 4) is 0 Å². The Morgan fingerprint density at radius 1 is 1.04 bits per heavy atom. The standard InChI is InChI=1S/C21H34N2O2/c1-13(24)22-17-7-6-15-14-5-8-18-21(3,12-10-19(25)23(18)4)16(14)9-11-20(15,17)2/h14-18H,5-12H2,1-4H3,(H,22,24)/t14?,15?,16?,17-,18?,20?,21?/m0/s1. The number of nitrogens with one attached hydrogen (secondary N) is 1. The summed E-state index contributed by atoms with van der Waals surface area (Å²) >= 11 is 0. The van der Waals surface area contributed by atoms with Crippen LogP contribution in [0.4, 0.5) is 0 Å². The number of amides is 2. The SMILES string of the molecule is CC(=O)N[C@H]1CCC2C3CCC4N(C)C(=O)CCC4(C)C3CCC21C. The molecule has 4 nitrogen and oxygen atoms in total. The number of rotatable bonds is 1. The predicted octanol–water partition coefficient (Wildman–Crippen LogP) is 3.35. The van der Waals surface area contributed by atoms with Crippen LogP contribution in [-0.2, 0) is 9.59 Å². The van der Waals surface area contributed by atoms with Crippen LogP contribution in [-0.4, -0.2) is 35.8 Å². The van der Waals surface area contributed by atoms with Gasteiger partial charge in [-0.25, -0.2) is 0 Å². The Morgan fingerprint density at radius 3 is 2.48 bits per heavy atom. The number of piperidine rings is 1. The Labute approximate surface area is 152 Å². The molecule has 0 bridgehead atoms. The molecule has 4 heteroatoms. The molecule has 6 unspecified atom stereocenters. The molecule has 0 aromatic carbocycles. The molecule has 2 amide bonds. The van der Waals surface area contributed by atoms with Gasteiger partial charge in [-0.05, 0) is 73.5 Å². The van der Waals surface area contributed by atoms with Gasteiger partial charge in [0.1, 0.15) is 0 Å². The molecule has 4 aliphatic rings. The first kappa shape index (κ1) is 17.4. The zero-order valence-corrected chi connectivity index (χ0v) is 16.3. The minimum Gasteiger partial charge on any atom is -0.353 e. The lowest BCUT2D eigenvalue weighted by molar-refractivity contribution is -0.157. The van der Waals surface area contributed by atoms with Crippen LogP contribution in [0.3, 0.4) is 0 Å². The van der Waals surface area contributed by atoms with Crippen LogP contribution < -0.4 is 5.32 Å². The van der Waals surface area contributed by atoms with Gasteiger partial charge in [-0.2, -0.15) is 0 Å². The van der Waals surface area contributed by atoms with Gasteiger partial charge in [0, 0.05) is 32.5 Å². The van der Waals surface area contributed by atoms with Crippen molar-refractivity contribution in [2.75, 3.05) is 7.05 Å². The Balaban J connectivity index is 1.60. The van der Waals surface area contributed by atoms with Gasteiger partial charge in [0.25, 0.3) is 0 Å². The number of nitrogens with zero attached hydrogens (tertiary/aromatic N) is 1. The first-order valence-electron chi connectivity index (χ1n) is 10.3. The second-order valence-electron chi connectivity index (χ2n) is 9.86. The maximum Gasteiger partial charge on any atom is 0.222 e. The van der Waals surface area contributed by atoms with E-state index >= 15 is 0 Å².